The number of likely N-dealkylation sites (N-methyl/N-ethyl adjacent to an activating group) is 1. The summed E-state index contributed by atoms with van der Waals surface area (Å²) >= 11 is 0. The molecule has 2 heterocycles. The molecular weight excluding hydrogens is 450 g/mol. The number of aryl methyl sites for hydroxylation is 1. The van der Waals surface area contributed by atoms with Crippen LogP contribution < -0.4 is 20.7 Å². The first-order valence-corrected chi connectivity index (χ1v) is 12.5. The van der Waals surface area contributed by atoms with E-state index in [1.165, 1.54) is 4.90 Å². The van der Waals surface area contributed by atoms with Gasteiger partial charge in [0, 0.05) is 0 Å². The number of rotatable bonds is 6. The average Bonchev–Trinajstić information content (AvgIpc) is 2.88. The maximum absolute atomic E-state index is 13.6. The lowest BCUT2D eigenvalue weighted by Crippen LogP contribution is -3.12. The lowest BCUT2D eigenvalue weighted by atomic mass is 10.1. The van der Waals surface area contributed by atoms with E-state index in [0.29, 0.717) is 29.0 Å². The number of amides is 1. The lowest BCUT2D eigenvalue weighted by Gasteiger charge is -2.33. The molecule has 0 unspecified atom stereocenters. The fourth-order valence-corrected chi connectivity index (χ4v) is 4.79. The van der Waals surface area contributed by atoms with Crippen LogP contribution in [0.4, 0.5) is 11.4 Å². The molecule has 0 saturated carbocycles. The Bertz CT molecular complexity index is 1430. The first kappa shape index (κ1) is 23.8. The number of fused-ring (bicyclic) bond motifs is 1. The Kier molecular flexibility index (Phi) is 6.82. The topological polar surface area (TPSA) is 71.7 Å². The third-order valence-corrected chi connectivity index (χ3v) is 6.89. The van der Waals surface area contributed by atoms with E-state index in [1.807, 2.05) is 79.7 Å². The van der Waals surface area contributed by atoms with Crippen molar-refractivity contribution >= 4 is 28.2 Å². The normalized spacial score (nSPS) is 14.2. The maximum Gasteiger partial charge on any atom is 0.261 e. The molecular formula is C29H32N5O2+. The van der Waals surface area contributed by atoms with Crippen LogP contribution in [0.1, 0.15) is 17.0 Å². The summed E-state index contributed by atoms with van der Waals surface area (Å²) in [6.07, 6.45) is 0.273. The van der Waals surface area contributed by atoms with Gasteiger partial charge in [0.2, 0.25) is 5.91 Å². The van der Waals surface area contributed by atoms with Crippen molar-refractivity contribution in [1.29, 1.82) is 0 Å². The van der Waals surface area contributed by atoms with Gasteiger partial charge in [-0.25, -0.2) is 4.98 Å². The number of aromatic nitrogens is 2. The number of anilines is 2. The molecule has 4 aromatic rings. The van der Waals surface area contributed by atoms with E-state index in [2.05, 4.69) is 17.3 Å². The van der Waals surface area contributed by atoms with E-state index < -0.39 is 0 Å². The zero-order valence-electron chi connectivity index (χ0n) is 20.8. The molecule has 5 rings (SSSR count). The smallest absolute Gasteiger partial charge is 0.261 e. The standard InChI is InChI=1S/C29H31N5O2/c1-21-30-25-19-27(33-15-13-32(2)14-16-33)26(31-28(35)17-22-9-5-3-6-10-22)18-24(25)29(36)34(21)20-23-11-7-4-8-12-23/h3-12,18-19H,13-17,20H2,1-2H3,(H,31,35)/p+1. The summed E-state index contributed by atoms with van der Waals surface area (Å²) in [6.45, 7) is 6.11. The van der Waals surface area contributed by atoms with Gasteiger partial charge in [-0.1, -0.05) is 60.7 Å². The van der Waals surface area contributed by atoms with Gasteiger partial charge in [0.25, 0.3) is 5.56 Å². The lowest BCUT2D eigenvalue weighted by molar-refractivity contribution is -0.880. The molecule has 0 spiro atoms. The van der Waals surface area contributed by atoms with Gasteiger partial charge in [0.15, 0.2) is 0 Å². The van der Waals surface area contributed by atoms with E-state index in [-0.39, 0.29) is 17.9 Å². The van der Waals surface area contributed by atoms with Crippen molar-refractivity contribution in [2.75, 3.05) is 43.4 Å². The first-order valence-electron chi connectivity index (χ1n) is 12.5. The molecule has 3 aromatic carbocycles. The highest BCUT2D eigenvalue weighted by atomic mass is 16.1. The number of carbonyl (C=O) groups excluding carboxylic acids is 1. The van der Waals surface area contributed by atoms with Gasteiger partial charge >= 0.3 is 0 Å². The fourth-order valence-electron chi connectivity index (χ4n) is 4.79. The van der Waals surface area contributed by atoms with Crippen LogP contribution in [0, 0.1) is 6.92 Å². The second kappa shape index (κ2) is 10.3. The zero-order valence-corrected chi connectivity index (χ0v) is 20.8. The minimum Gasteiger partial charge on any atom is -0.358 e. The largest absolute Gasteiger partial charge is 0.358 e. The number of hydrogen-bond acceptors (Lipinski definition) is 4. The summed E-state index contributed by atoms with van der Waals surface area (Å²) in [6, 6.07) is 23.4. The Labute approximate surface area is 211 Å². The van der Waals surface area contributed by atoms with Crippen LogP contribution in [0.2, 0.25) is 0 Å². The van der Waals surface area contributed by atoms with E-state index >= 15 is 0 Å². The summed E-state index contributed by atoms with van der Waals surface area (Å²) in [7, 11) is 2.19. The summed E-state index contributed by atoms with van der Waals surface area (Å²) in [4.78, 5) is 35.2. The van der Waals surface area contributed by atoms with Gasteiger partial charge in [0.1, 0.15) is 5.82 Å². The molecule has 0 atom stereocenters. The average molecular weight is 483 g/mol. The molecule has 7 nitrogen and oxygen atoms in total. The van der Waals surface area contributed by atoms with Crippen LogP contribution in [0.15, 0.2) is 77.6 Å². The summed E-state index contributed by atoms with van der Waals surface area (Å²) in [5.41, 5.74) is 4.12. The number of nitrogens with one attached hydrogen (secondary N) is 2. The van der Waals surface area contributed by atoms with Crippen molar-refractivity contribution in [2.45, 2.75) is 19.9 Å². The predicted octanol–water partition coefficient (Wildman–Crippen LogP) is 2.27. The van der Waals surface area contributed by atoms with Crippen molar-refractivity contribution < 1.29 is 9.69 Å². The quantitative estimate of drug-likeness (QED) is 0.442. The molecule has 1 amide bonds. The minimum atomic E-state index is -0.105. The molecule has 0 aliphatic carbocycles. The van der Waals surface area contributed by atoms with Gasteiger partial charge in [-0.2, -0.15) is 0 Å². The molecule has 0 bridgehead atoms. The number of carbonyl (C=O) groups is 1. The van der Waals surface area contributed by atoms with Crippen LogP contribution >= 0.6 is 0 Å². The Balaban J connectivity index is 1.55. The van der Waals surface area contributed by atoms with Gasteiger partial charge in [-0.05, 0) is 30.2 Å². The second-order valence-corrected chi connectivity index (χ2v) is 9.58. The molecule has 1 saturated heterocycles. The SMILES string of the molecule is Cc1nc2cc(N3CC[NH+](C)CC3)c(NC(=O)Cc3ccccc3)cc2c(=O)n1Cc1ccccc1. The zero-order chi connectivity index (χ0) is 25.1. The molecule has 1 aliphatic rings. The molecule has 0 radical (unpaired) electrons. The highest BCUT2D eigenvalue weighted by Crippen LogP contribution is 2.30. The molecule has 1 fully saturated rings. The van der Waals surface area contributed by atoms with Crippen molar-refractivity contribution in [2.24, 2.45) is 0 Å². The Hall–Kier alpha value is -3.97. The number of hydrogen-bond donors (Lipinski definition) is 2. The van der Waals surface area contributed by atoms with E-state index in [1.54, 1.807) is 4.57 Å². The van der Waals surface area contributed by atoms with E-state index in [0.717, 1.165) is 43.0 Å². The van der Waals surface area contributed by atoms with Crippen molar-refractivity contribution in [3.63, 3.8) is 0 Å². The van der Waals surface area contributed by atoms with Gasteiger partial charge in [-0.15, -0.1) is 0 Å². The Morgan fingerprint density at radius 1 is 0.972 bits per heavy atom. The van der Waals surface area contributed by atoms with Crippen LogP contribution in [-0.4, -0.2) is 48.7 Å². The van der Waals surface area contributed by atoms with E-state index in [4.69, 9.17) is 4.98 Å². The summed E-state index contributed by atoms with van der Waals surface area (Å²) < 4.78 is 1.70. The number of quaternary nitrogens is 1. The minimum absolute atomic E-state index is 0.103. The maximum atomic E-state index is 13.6. The molecule has 1 aromatic heterocycles. The second-order valence-electron chi connectivity index (χ2n) is 9.58. The highest BCUT2D eigenvalue weighted by molar-refractivity contribution is 5.99. The molecule has 2 N–H and O–H groups in total. The van der Waals surface area contributed by atoms with Gasteiger partial charge < -0.3 is 15.1 Å². The molecule has 184 valence electrons. The van der Waals surface area contributed by atoms with Crippen molar-refractivity contribution in [3.05, 3.63) is 100 Å². The molecule has 36 heavy (non-hydrogen) atoms. The van der Waals surface area contributed by atoms with Crippen molar-refractivity contribution in [3.8, 4) is 0 Å². The predicted molar refractivity (Wildman–Crippen MR) is 144 cm³/mol. The van der Waals surface area contributed by atoms with Crippen LogP contribution in [0.3, 0.4) is 0 Å². The Morgan fingerprint density at radius 2 is 1.61 bits per heavy atom. The first-order chi connectivity index (χ1) is 17.5. The molecule has 1 aliphatic heterocycles. The monoisotopic (exact) mass is 482 g/mol. The van der Waals surface area contributed by atoms with Crippen LogP contribution in [-0.2, 0) is 17.8 Å². The number of piperazine rings is 1. The van der Waals surface area contributed by atoms with Crippen molar-refractivity contribution in [1.82, 2.24) is 9.55 Å². The van der Waals surface area contributed by atoms with Crippen LogP contribution in [0.5, 0.6) is 0 Å². The summed E-state index contributed by atoms with van der Waals surface area (Å²) in [5, 5.41) is 3.62. The van der Waals surface area contributed by atoms with E-state index in [9.17, 15) is 9.59 Å². The fraction of sp³-hybridized carbons (Fsp3) is 0.276. The summed E-state index contributed by atoms with van der Waals surface area (Å²) in [5.74, 6) is 0.567. The Morgan fingerprint density at radius 3 is 2.28 bits per heavy atom. The third kappa shape index (κ3) is 5.16. The van der Waals surface area contributed by atoms with Gasteiger partial charge in [0.05, 0.1) is 68.5 Å². The van der Waals surface area contributed by atoms with Crippen LogP contribution in [0.25, 0.3) is 10.9 Å². The molecule has 7 heteroatoms. The van der Waals surface area contributed by atoms with Gasteiger partial charge in [-0.3, -0.25) is 14.2 Å². The number of benzene rings is 3. The third-order valence-electron chi connectivity index (χ3n) is 6.89. The number of nitrogens with zero attached hydrogens (tertiary/aromatic N) is 3. The highest BCUT2D eigenvalue weighted by Gasteiger charge is 2.22.